The number of nitrogens with zero attached hydrogens (tertiary/aromatic N) is 1. The average molecular weight is 328 g/mol. The van der Waals surface area contributed by atoms with Gasteiger partial charge >= 0.3 is 6.03 Å². The molecule has 24 heavy (non-hydrogen) atoms. The van der Waals surface area contributed by atoms with Gasteiger partial charge in [0.05, 0.1) is 6.10 Å². The van der Waals surface area contributed by atoms with E-state index in [4.69, 9.17) is 4.74 Å². The summed E-state index contributed by atoms with van der Waals surface area (Å²) in [4.78, 5) is 13.6. The molecule has 0 aliphatic heterocycles. The van der Waals surface area contributed by atoms with Crippen LogP contribution in [0.2, 0.25) is 0 Å². The number of urea groups is 1. The molecule has 128 valence electrons. The molecule has 0 heterocycles. The third kappa shape index (κ3) is 5.59. The molecule has 1 atom stereocenters. The van der Waals surface area contributed by atoms with Crippen molar-refractivity contribution in [3.05, 3.63) is 54.1 Å². The maximum Gasteiger partial charge on any atom is 0.321 e. The summed E-state index contributed by atoms with van der Waals surface area (Å²) in [5.41, 5.74) is 1.83. The van der Waals surface area contributed by atoms with E-state index in [0.717, 1.165) is 11.3 Å². The van der Waals surface area contributed by atoms with E-state index < -0.39 is 6.10 Å². The van der Waals surface area contributed by atoms with Crippen LogP contribution in [0.15, 0.2) is 48.5 Å². The molecule has 0 bridgehead atoms. The Morgan fingerprint density at radius 3 is 2.54 bits per heavy atom. The lowest BCUT2D eigenvalue weighted by Gasteiger charge is -2.18. The largest absolute Gasteiger partial charge is 0.457 e. The first-order valence-electron chi connectivity index (χ1n) is 7.99. The van der Waals surface area contributed by atoms with Crippen molar-refractivity contribution in [2.45, 2.75) is 26.4 Å². The van der Waals surface area contributed by atoms with Gasteiger partial charge in [0.25, 0.3) is 0 Å². The van der Waals surface area contributed by atoms with Crippen LogP contribution in [0.25, 0.3) is 0 Å². The van der Waals surface area contributed by atoms with Crippen molar-refractivity contribution in [3.8, 4) is 11.5 Å². The topological polar surface area (TPSA) is 61.8 Å². The van der Waals surface area contributed by atoms with Crippen LogP contribution in [0.3, 0.4) is 0 Å². The van der Waals surface area contributed by atoms with Crippen molar-refractivity contribution < 1.29 is 14.6 Å². The number of hydrogen-bond acceptors (Lipinski definition) is 3. The third-order valence-corrected chi connectivity index (χ3v) is 3.56. The lowest BCUT2D eigenvalue weighted by molar-refractivity contribution is 0.167. The maximum absolute atomic E-state index is 12.0. The molecule has 0 saturated carbocycles. The second-order valence-electron chi connectivity index (χ2n) is 5.93. The molecule has 0 aliphatic rings. The van der Waals surface area contributed by atoms with E-state index in [1.807, 2.05) is 43.3 Å². The van der Waals surface area contributed by atoms with E-state index in [1.54, 1.807) is 31.0 Å². The summed E-state index contributed by atoms with van der Waals surface area (Å²) in [6, 6.07) is 14.8. The molecule has 2 rings (SSSR count). The summed E-state index contributed by atoms with van der Waals surface area (Å²) in [6.07, 6.45) is 0.131. The van der Waals surface area contributed by atoms with Crippen molar-refractivity contribution >= 4 is 11.7 Å². The van der Waals surface area contributed by atoms with Crippen LogP contribution in [-0.4, -0.2) is 35.7 Å². The van der Waals surface area contributed by atoms with Gasteiger partial charge < -0.3 is 20.1 Å². The van der Waals surface area contributed by atoms with Gasteiger partial charge in [0, 0.05) is 19.3 Å². The Morgan fingerprint density at radius 1 is 1.21 bits per heavy atom. The highest BCUT2D eigenvalue weighted by molar-refractivity contribution is 5.89. The maximum atomic E-state index is 12.0. The summed E-state index contributed by atoms with van der Waals surface area (Å²) >= 11 is 0. The standard InChI is InChI=1S/C19H24N2O3/c1-14-5-4-6-18(13-14)24-17-9-7-16(8-10-17)20-19(23)21(3)12-11-15(2)22/h4-10,13,15,22H,11-12H2,1-3H3,(H,20,23). The SMILES string of the molecule is Cc1cccc(Oc2ccc(NC(=O)N(C)CCC(C)O)cc2)c1. The molecule has 2 N–H and O–H groups in total. The van der Waals surface area contributed by atoms with Crippen LogP contribution in [0.5, 0.6) is 11.5 Å². The zero-order valence-electron chi connectivity index (χ0n) is 14.3. The minimum Gasteiger partial charge on any atom is -0.457 e. The zero-order chi connectivity index (χ0) is 17.5. The van der Waals surface area contributed by atoms with Crippen LogP contribution >= 0.6 is 0 Å². The van der Waals surface area contributed by atoms with Crippen LogP contribution in [0.4, 0.5) is 10.5 Å². The lowest BCUT2D eigenvalue weighted by atomic mass is 10.2. The molecular weight excluding hydrogens is 304 g/mol. The molecule has 5 nitrogen and oxygen atoms in total. The molecule has 0 aliphatic carbocycles. The number of nitrogens with one attached hydrogen (secondary N) is 1. The van der Waals surface area contributed by atoms with Crippen LogP contribution in [0, 0.1) is 6.92 Å². The van der Waals surface area contributed by atoms with Gasteiger partial charge in [-0.05, 0) is 62.2 Å². The van der Waals surface area contributed by atoms with E-state index in [-0.39, 0.29) is 6.03 Å². The van der Waals surface area contributed by atoms with Gasteiger partial charge in [-0.3, -0.25) is 0 Å². The first kappa shape index (κ1) is 17.8. The minimum absolute atomic E-state index is 0.206. The summed E-state index contributed by atoms with van der Waals surface area (Å²) < 4.78 is 5.78. The Hall–Kier alpha value is -2.53. The molecule has 0 radical (unpaired) electrons. The number of benzene rings is 2. The van der Waals surface area contributed by atoms with Gasteiger partial charge in [-0.15, -0.1) is 0 Å². The molecule has 0 saturated heterocycles. The van der Waals surface area contributed by atoms with Crippen molar-refractivity contribution in [2.24, 2.45) is 0 Å². The Kier molecular flexibility index (Phi) is 6.21. The number of ether oxygens (including phenoxy) is 1. The van der Waals surface area contributed by atoms with Crippen molar-refractivity contribution in [1.82, 2.24) is 4.90 Å². The van der Waals surface area contributed by atoms with Crippen LogP contribution in [0.1, 0.15) is 18.9 Å². The highest BCUT2D eigenvalue weighted by atomic mass is 16.5. The van der Waals surface area contributed by atoms with E-state index in [9.17, 15) is 9.90 Å². The Morgan fingerprint density at radius 2 is 1.92 bits per heavy atom. The Labute approximate surface area is 142 Å². The second-order valence-corrected chi connectivity index (χ2v) is 5.93. The van der Waals surface area contributed by atoms with Gasteiger partial charge in [-0.2, -0.15) is 0 Å². The van der Waals surface area contributed by atoms with Crippen molar-refractivity contribution in [3.63, 3.8) is 0 Å². The average Bonchev–Trinajstić information content (AvgIpc) is 2.54. The number of anilines is 1. The smallest absolute Gasteiger partial charge is 0.321 e. The molecule has 0 fully saturated rings. The molecule has 1 unspecified atom stereocenters. The predicted molar refractivity (Wildman–Crippen MR) is 95.6 cm³/mol. The fourth-order valence-electron chi connectivity index (χ4n) is 2.12. The Bertz CT molecular complexity index is 669. The van der Waals surface area contributed by atoms with Gasteiger partial charge in [-0.25, -0.2) is 4.79 Å². The molecule has 2 amide bonds. The fourth-order valence-corrected chi connectivity index (χ4v) is 2.12. The molecule has 0 spiro atoms. The number of aliphatic hydroxyl groups is 1. The van der Waals surface area contributed by atoms with Crippen LogP contribution in [-0.2, 0) is 0 Å². The number of rotatable bonds is 6. The van der Waals surface area contributed by atoms with Gasteiger partial charge in [0.15, 0.2) is 0 Å². The first-order chi connectivity index (χ1) is 11.4. The number of hydrogen-bond donors (Lipinski definition) is 2. The second kappa shape index (κ2) is 8.36. The van der Waals surface area contributed by atoms with Crippen LogP contribution < -0.4 is 10.1 Å². The van der Waals surface area contributed by atoms with E-state index in [0.29, 0.717) is 24.4 Å². The minimum atomic E-state index is -0.418. The first-order valence-corrected chi connectivity index (χ1v) is 7.99. The number of carbonyl (C=O) groups excluding carboxylic acids is 1. The van der Waals surface area contributed by atoms with Gasteiger partial charge in [0.2, 0.25) is 0 Å². The highest BCUT2D eigenvalue weighted by Gasteiger charge is 2.09. The molecule has 2 aromatic carbocycles. The predicted octanol–water partition coefficient (Wildman–Crippen LogP) is 4.02. The van der Waals surface area contributed by atoms with E-state index >= 15 is 0 Å². The summed E-state index contributed by atoms with van der Waals surface area (Å²) in [5.74, 6) is 1.49. The quantitative estimate of drug-likeness (QED) is 0.842. The summed E-state index contributed by atoms with van der Waals surface area (Å²) in [5, 5.41) is 12.1. The van der Waals surface area contributed by atoms with E-state index in [1.165, 1.54) is 0 Å². The van der Waals surface area contributed by atoms with Crippen molar-refractivity contribution in [1.29, 1.82) is 0 Å². The monoisotopic (exact) mass is 328 g/mol. The number of carbonyl (C=O) groups is 1. The fraction of sp³-hybridized carbons (Fsp3) is 0.316. The third-order valence-electron chi connectivity index (χ3n) is 3.56. The molecule has 0 aromatic heterocycles. The lowest BCUT2D eigenvalue weighted by Crippen LogP contribution is -2.33. The number of aryl methyl sites for hydroxylation is 1. The normalized spacial score (nSPS) is 11.7. The number of aliphatic hydroxyl groups excluding tert-OH is 1. The van der Waals surface area contributed by atoms with E-state index in [2.05, 4.69) is 5.32 Å². The van der Waals surface area contributed by atoms with Gasteiger partial charge in [0.1, 0.15) is 11.5 Å². The number of amides is 2. The van der Waals surface area contributed by atoms with Gasteiger partial charge in [-0.1, -0.05) is 12.1 Å². The Balaban J connectivity index is 1.90. The molecule has 2 aromatic rings. The highest BCUT2D eigenvalue weighted by Crippen LogP contribution is 2.23. The molecular formula is C19H24N2O3. The summed E-state index contributed by atoms with van der Waals surface area (Å²) in [6.45, 7) is 4.22. The zero-order valence-corrected chi connectivity index (χ0v) is 14.3. The summed E-state index contributed by atoms with van der Waals surface area (Å²) in [7, 11) is 1.70. The van der Waals surface area contributed by atoms with Crippen molar-refractivity contribution in [2.75, 3.05) is 18.9 Å². The molecule has 5 heteroatoms.